The minimum absolute atomic E-state index is 0.172. The van der Waals surface area contributed by atoms with Gasteiger partial charge in [0.15, 0.2) is 10.8 Å². The Hall–Kier alpha value is -2.14. The first-order valence-corrected chi connectivity index (χ1v) is 11.3. The van der Waals surface area contributed by atoms with Gasteiger partial charge in [0.1, 0.15) is 5.00 Å². The maximum atomic E-state index is 13.0. The molecule has 3 rings (SSSR count). The summed E-state index contributed by atoms with van der Waals surface area (Å²) in [7, 11) is 1.34. The number of thiophene rings is 1. The number of alkyl halides is 3. The Balaban J connectivity index is 1.56. The lowest BCUT2D eigenvalue weighted by molar-refractivity contribution is -0.141. The number of anilines is 1. The maximum absolute atomic E-state index is 13.0. The number of thiocarbonyl (C=S) groups is 1. The fourth-order valence-corrected chi connectivity index (χ4v) is 4.85. The third kappa shape index (κ3) is 5.57. The van der Waals surface area contributed by atoms with Crippen LogP contribution in [0.4, 0.5) is 18.2 Å². The lowest BCUT2D eigenvalue weighted by atomic mass is 10.1. The summed E-state index contributed by atoms with van der Waals surface area (Å²) >= 11 is 6.76. The molecular formula is C20H25F3N4O2S2. The number of rotatable bonds is 8. The molecule has 2 aromatic rings. The summed E-state index contributed by atoms with van der Waals surface area (Å²) in [6, 6.07) is 1.16. The molecular weight excluding hydrogens is 449 g/mol. The zero-order valence-corrected chi connectivity index (χ0v) is 19.2. The Morgan fingerprint density at radius 3 is 2.71 bits per heavy atom. The number of aryl methyl sites for hydroxylation is 2. The summed E-state index contributed by atoms with van der Waals surface area (Å²) in [6.07, 6.45) is -1.39. The van der Waals surface area contributed by atoms with Crippen molar-refractivity contribution >= 4 is 39.6 Å². The van der Waals surface area contributed by atoms with Crippen LogP contribution in [0.25, 0.3) is 0 Å². The van der Waals surface area contributed by atoms with E-state index in [1.807, 2.05) is 13.8 Å². The third-order valence-electron chi connectivity index (χ3n) is 5.11. The zero-order chi connectivity index (χ0) is 22.8. The fraction of sp³-hybridized carbons (Fsp3) is 0.550. The molecule has 0 unspecified atom stereocenters. The number of hydrogen-bond donors (Lipinski definition) is 2. The molecule has 0 saturated heterocycles. The molecule has 0 atom stereocenters. The number of esters is 1. The highest BCUT2D eigenvalue weighted by Crippen LogP contribution is 2.42. The van der Waals surface area contributed by atoms with E-state index in [2.05, 4.69) is 15.7 Å². The van der Waals surface area contributed by atoms with Crippen LogP contribution in [0.3, 0.4) is 0 Å². The maximum Gasteiger partial charge on any atom is 0.435 e. The number of hydrogen-bond acceptors (Lipinski definition) is 5. The predicted octanol–water partition coefficient (Wildman–Crippen LogP) is 4.87. The van der Waals surface area contributed by atoms with E-state index < -0.39 is 17.8 Å². The highest BCUT2D eigenvalue weighted by Gasteiger charge is 2.37. The molecule has 0 spiro atoms. The van der Waals surface area contributed by atoms with E-state index in [0.29, 0.717) is 47.3 Å². The van der Waals surface area contributed by atoms with Crippen LogP contribution in [0.2, 0.25) is 0 Å². The standard InChI is InChI=1S/C20H25F3N4O2S2/c1-4-13-11(2)31-17(16(13)18(28)29-3)25-19(30)24-8-5-9-27-14(12-6-7-12)10-15(26-27)20(21,22)23/h10,12H,4-9H2,1-3H3,(H2,24,25,30). The second kappa shape index (κ2) is 9.56. The Morgan fingerprint density at radius 1 is 1.42 bits per heavy atom. The zero-order valence-electron chi connectivity index (χ0n) is 17.6. The number of carbonyl (C=O) groups is 1. The van der Waals surface area contributed by atoms with Crippen molar-refractivity contribution in [2.75, 3.05) is 19.0 Å². The Morgan fingerprint density at radius 2 is 2.13 bits per heavy atom. The first kappa shape index (κ1) is 23.5. The van der Waals surface area contributed by atoms with Gasteiger partial charge in [0.2, 0.25) is 0 Å². The van der Waals surface area contributed by atoms with E-state index in [9.17, 15) is 18.0 Å². The van der Waals surface area contributed by atoms with Crippen LogP contribution in [0.1, 0.15) is 64.3 Å². The van der Waals surface area contributed by atoms with Crippen molar-refractivity contribution in [1.29, 1.82) is 0 Å². The van der Waals surface area contributed by atoms with Crippen LogP contribution >= 0.6 is 23.6 Å². The van der Waals surface area contributed by atoms with Gasteiger partial charge in [-0.05, 0) is 56.5 Å². The van der Waals surface area contributed by atoms with Crippen LogP contribution in [0.15, 0.2) is 6.07 Å². The van der Waals surface area contributed by atoms with Crippen molar-refractivity contribution in [1.82, 2.24) is 15.1 Å². The number of aromatic nitrogens is 2. The van der Waals surface area contributed by atoms with Crippen molar-refractivity contribution < 1.29 is 22.7 Å². The van der Waals surface area contributed by atoms with E-state index >= 15 is 0 Å². The quantitative estimate of drug-likeness (QED) is 0.323. The predicted molar refractivity (Wildman–Crippen MR) is 118 cm³/mol. The van der Waals surface area contributed by atoms with Gasteiger partial charge in [0.25, 0.3) is 0 Å². The molecule has 0 aromatic carbocycles. The van der Waals surface area contributed by atoms with Gasteiger partial charge in [-0.1, -0.05) is 6.92 Å². The molecule has 0 aliphatic heterocycles. The normalized spacial score (nSPS) is 13.9. The smallest absolute Gasteiger partial charge is 0.435 e. The number of nitrogens with one attached hydrogen (secondary N) is 2. The molecule has 0 amide bonds. The Bertz CT molecular complexity index is 965. The average molecular weight is 475 g/mol. The molecule has 6 nitrogen and oxygen atoms in total. The van der Waals surface area contributed by atoms with Gasteiger partial charge in [-0.2, -0.15) is 18.3 Å². The highest BCUT2D eigenvalue weighted by atomic mass is 32.1. The van der Waals surface area contributed by atoms with Gasteiger partial charge < -0.3 is 15.4 Å². The second-order valence-corrected chi connectivity index (χ2v) is 9.00. The minimum Gasteiger partial charge on any atom is -0.465 e. The lowest BCUT2D eigenvalue weighted by Crippen LogP contribution is -2.30. The molecule has 1 aliphatic carbocycles. The van der Waals surface area contributed by atoms with Crippen molar-refractivity contribution in [3.63, 3.8) is 0 Å². The monoisotopic (exact) mass is 474 g/mol. The number of carbonyl (C=O) groups excluding carboxylic acids is 1. The Labute approximate surface area is 188 Å². The second-order valence-electron chi connectivity index (χ2n) is 7.37. The van der Waals surface area contributed by atoms with Crippen LogP contribution in [0, 0.1) is 6.92 Å². The fourth-order valence-electron chi connectivity index (χ4n) is 3.45. The van der Waals surface area contributed by atoms with E-state index in [1.165, 1.54) is 23.1 Å². The molecule has 1 aliphatic rings. The molecule has 0 bridgehead atoms. The van der Waals surface area contributed by atoms with E-state index in [1.54, 1.807) is 0 Å². The lowest BCUT2D eigenvalue weighted by Gasteiger charge is -2.12. The van der Waals surface area contributed by atoms with Crippen molar-refractivity contribution in [3.05, 3.63) is 33.5 Å². The van der Waals surface area contributed by atoms with Gasteiger partial charge in [0, 0.05) is 29.6 Å². The summed E-state index contributed by atoms with van der Waals surface area (Å²) < 4.78 is 45.3. The number of methoxy groups -OCH3 is 1. The molecule has 170 valence electrons. The number of halogens is 3. The number of ether oxygens (including phenoxy) is 1. The van der Waals surface area contributed by atoms with Crippen LogP contribution in [-0.4, -0.2) is 34.5 Å². The minimum atomic E-state index is -4.44. The molecule has 2 aromatic heterocycles. The van der Waals surface area contributed by atoms with Gasteiger partial charge in [-0.15, -0.1) is 11.3 Å². The summed E-state index contributed by atoms with van der Waals surface area (Å²) in [4.78, 5) is 13.2. The molecule has 1 saturated carbocycles. The molecule has 11 heteroatoms. The largest absolute Gasteiger partial charge is 0.465 e. The first-order valence-electron chi connectivity index (χ1n) is 10.1. The van der Waals surface area contributed by atoms with Gasteiger partial charge in [-0.3, -0.25) is 4.68 Å². The Kier molecular flexibility index (Phi) is 7.25. The van der Waals surface area contributed by atoms with E-state index in [4.69, 9.17) is 17.0 Å². The van der Waals surface area contributed by atoms with E-state index in [-0.39, 0.29) is 5.92 Å². The summed E-state index contributed by atoms with van der Waals surface area (Å²) in [5, 5.41) is 10.8. The summed E-state index contributed by atoms with van der Waals surface area (Å²) in [6.45, 7) is 4.73. The van der Waals surface area contributed by atoms with Gasteiger partial charge in [0.05, 0.1) is 12.7 Å². The van der Waals surface area contributed by atoms with Gasteiger partial charge >= 0.3 is 12.1 Å². The van der Waals surface area contributed by atoms with Crippen molar-refractivity contribution in [2.45, 2.75) is 58.2 Å². The third-order valence-corrected chi connectivity index (χ3v) is 6.42. The molecule has 2 N–H and O–H groups in total. The van der Waals surface area contributed by atoms with Crippen molar-refractivity contribution in [2.24, 2.45) is 0 Å². The molecule has 2 heterocycles. The number of nitrogens with zero attached hydrogens (tertiary/aromatic N) is 2. The van der Waals surface area contributed by atoms with Crippen LogP contribution < -0.4 is 10.6 Å². The highest BCUT2D eigenvalue weighted by molar-refractivity contribution is 7.80. The van der Waals surface area contributed by atoms with Crippen LogP contribution in [0.5, 0.6) is 0 Å². The molecule has 1 fully saturated rings. The molecule has 0 radical (unpaired) electrons. The van der Waals surface area contributed by atoms with Crippen molar-refractivity contribution in [3.8, 4) is 0 Å². The summed E-state index contributed by atoms with van der Waals surface area (Å²) in [5.74, 6) is -0.246. The average Bonchev–Trinajstić information content (AvgIpc) is 3.37. The van der Waals surface area contributed by atoms with Gasteiger partial charge in [-0.25, -0.2) is 4.79 Å². The first-order chi connectivity index (χ1) is 14.7. The molecule has 31 heavy (non-hydrogen) atoms. The van der Waals surface area contributed by atoms with Crippen LogP contribution in [-0.2, 0) is 23.9 Å². The SMILES string of the molecule is CCc1c(C)sc(NC(=S)NCCCn2nc(C(F)(F)F)cc2C2CC2)c1C(=O)OC. The topological polar surface area (TPSA) is 68.2 Å². The summed E-state index contributed by atoms with van der Waals surface area (Å²) in [5.41, 5.74) is 1.22. The van der Waals surface area contributed by atoms with E-state index in [0.717, 1.165) is 29.3 Å².